The molecule has 1 aromatic rings. The van der Waals surface area contributed by atoms with Gasteiger partial charge < -0.3 is 9.84 Å². The molecule has 4 nitrogen and oxygen atoms in total. The Morgan fingerprint density at radius 3 is 3.13 bits per heavy atom. The highest BCUT2D eigenvalue weighted by Gasteiger charge is 2.05. The van der Waals surface area contributed by atoms with Crippen molar-refractivity contribution in [1.82, 2.24) is 4.98 Å². The van der Waals surface area contributed by atoms with E-state index in [1.807, 2.05) is 12.2 Å². The molecule has 1 N–H and O–H groups in total. The second kappa shape index (κ2) is 5.93. The molecule has 0 spiro atoms. The van der Waals surface area contributed by atoms with Crippen LogP contribution < -0.4 is 0 Å². The number of aliphatic hydroxyl groups is 1. The fourth-order valence-corrected chi connectivity index (χ4v) is 1.06. The van der Waals surface area contributed by atoms with Gasteiger partial charge in [-0.25, -0.2) is 9.78 Å². The van der Waals surface area contributed by atoms with E-state index in [1.165, 1.54) is 7.11 Å². The summed E-state index contributed by atoms with van der Waals surface area (Å²) in [7, 11) is 1.32. The van der Waals surface area contributed by atoms with E-state index >= 15 is 0 Å². The van der Waals surface area contributed by atoms with E-state index in [0.29, 0.717) is 6.42 Å². The number of esters is 1. The standard InChI is InChI=1S/C11H13NO3/c1-15-11(14)10-8-9(5-6-12-10)4-2-3-7-13/h2,4-6,8,13H,3,7H2,1H3. The number of carbonyl (C=O) groups is 1. The summed E-state index contributed by atoms with van der Waals surface area (Å²) in [4.78, 5) is 15.0. The molecular formula is C11H13NO3. The SMILES string of the molecule is COC(=O)c1cc(C=CCCO)ccn1. The average Bonchev–Trinajstić information content (AvgIpc) is 2.29. The molecule has 0 saturated carbocycles. The van der Waals surface area contributed by atoms with Crippen LogP contribution in [-0.2, 0) is 4.74 Å². The lowest BCUT2D eigenvalue weighted by molar-refractivity contribution is 0.0594. The smallest absolute Gasteiger partial charge is 0.356 e. The van der Waals surface area contributed by atoms with E-state index in [2.05, 4.69) is 9.72 Å². The Morgan fingerprint density at radius 1 is 1.67 bits per heavy atom. The van der Waals surface area contributed by atoms with Crippen molar-refractivity contribution in [2.24, 2.45) is 0 Å². The molecule has 0 aliphatic carbocycles. The van der Waals surface area contributed by atoms with Crippen LogP contribution >= 0.6 is 0 Å². The monoisotopic (exact) mass is 207 g/mol. The summed E-state index contributed by atoms with van der Waals surface area (Å²) in [6, 6.07) is 3.42. The Kier molecular flexibility index (Phi) is 4.50. The number of pyridine rings is 1. The van der Waals surface area contributed by atoms with Gasteiger partial charge in [0.1, 0.15) is 5.69 Å². The zero-order chi connectivity index (χ0) is 11.1. The number of methoxy groups -OCH3 is 1. The van der Waals surface area contributed by atoms with Crippen molar-refractivity contribution in [1.29, 1.82) is 0 Å². The minimum absolute atomic E-state index is 0.117. The molecule has 1 aromatic heterocycles. The second-order valence-corrected chi connectivity index (χ2v) is 2.88. The average molecular weight is 207 g/mol. The number of nitrogens with zero attached hydrogens (tertiary/aromatic N) is 1. The van der Waals surface area contributed by atoms with Gasteiger partial charge in [-0.2, -0.15) is 0 Å². The Bertz CT molecular complexity index is 361. The van der Waals surface area contributed by atoms with Crippen molar-refractivity contribution < 1.29 is 14.6 Å². The maximum absolute atomic E-state index is 11.1. The van der Waals surface area contributed by atoms with Crippen LogP contribution in [0.15, 0.2) is 24.4 Å². The Balaban J connectivity index is 2.78. The fraction of sp³-hybridized carbons (Fsp3) is 0.273. The number of carbonyl (C=O) groups excluding carboxylic acids is 1. The molecule has 4 heteroatoms. The molecule has 0 unspecified atom stereocenters. The first-order chi connectivity index (χ1) is 7.27. The van der Waals surface area contributed by atoms with Crippen LogP contribution in [0, 0.1) is 0 Å². The second-order valence-electron chi connectivity index (χ2n) is 2.88. The topological polar surface area (TPSA) is 59.4 Å². The van der Waals surface area contributed by atoms with E-state index in [-0.39, 0.29) is 12.3 Å². The number of rotatable bonds is 4. The summed E-state index contributed by atoms with van der Waals surface area (Å²) in [5.74, 6) is -0.451. The van der Waals surface area contributed by atoms with Crippen molar-refractivity contribution >= 4 is 12.0 Å². The van der Waals surface area contributed by atoms with Gasteiger partial charge in [0.05, 0.1) is 7.11 Å². The van der Waals surface area contributed by atoms with Gasteiger partial charge in [0.2, 0.25) is 0 Å². The molecule has 0 aliphatic heterocycles. The van der Waals surface area contributed by atoms with Gasteiger partial charge in [0.15, 0.2) is 0 Å². The van der Waals surface area contributed by atoms with Gasteiger partial charge in [0.25, 0.3) is 0 Å². The number of ether oxygens (including phenoxy) is 1. The zero-order valence-corrected chi connectivity index (χ0v) is 8.51. The van der Waals surface area contributed by atoms with Crippen molar-refractivity contribution in [3.8, 4) is 0 Å². The van der Waals surface area contributed by atoms with Crippen LogP contribution in [-0.4, -0.2) is 29.8 Å². The van der Waals surface area contributed by atoms with Crippen LogP contribution in [0.4, 0.5) is 0 Å². The summed E-state index contributed by atoms with van der Waals surface area (Å²) in [6.07, 6.45) is 5.79. The molecule has 0 amide bonds. The minimum atomic E-state index is -0.451. The molecule has 1 heterocycles. The largest absolute Gasteiger partial charge is 0.464 e. The van der Waals surface area contributed by atoms with Gasteiger partial charge in [-0.05, 0) is 24.1 Å². The Hall–Kier alpha value is -1.68. The van der Waals surface area contributed by atoms with Crippen LogP contribution in [0.3, 0.4) is 0 Å². The molecule has 0 atom stereocenters. The first kappa shape index (κ1) is 11.4. The van der Waals surface area contributed by atoms with E-state index in [0.717, 1.165) is 5.56 Å². The lowest BCUT2D eigenvalue weighted by Crippen LogP contribution is -2.03. The first-order valence-electron chi connectivity index (χ1n) is 4.59. The third-order valence-electron chi connectivity index (χ3n) is 1.78. The summed E-state index contributed by atoms with van der Waals surface area (Å²) in [5.41, 5.74) is 1.14. The van der Waals surface area contributed by atoms with Crippen LogP contribution in [0.25, 0.3) is 6.08 Å². The maximum atomic E-state index is 11.1. The highest BCUT2D eigenvalue weighted by molar-refractivity contribution is 5.87. The van der Waals surface area contributed by atoms with E-state index in [4.69, 9.17) is 5.11 Å². The predicted molar refractivity (Wildman–Crippen MR) is 56.3 cm³/mol. The van der Waals surface area contributed by atoms with E-state index in [1.54, 1.807) is 18.3 Å². The summed E-state index contributed by atoms with van der Waals surface area (Å²) in [5, 5.41) is 8.59. The molecule has 15 heavy (non-hydrogen) atoms. The first-order valence-corrected chi connectivity index (χ1v) is 4.59. The molecule has 0 aliphatic rings. The number of hydrogen-bond donors (Lipinski definition) is 1. The minimum Gasteiger partial charge on any atom is -0.464 e. The van der Waals surface area contributed by atoms with Gasteiger partial charge >= 0.3 is 5.97 Å². The van der Waals surface area contributed by atoms with E-state index < -0.39 is 5.97 Å². The molecule has 1 rings (SSSR count). The lowest BCUT2D eigenvalue weighted by atomic mass is 10.2. The van der Waals surface area contributed by atoms with Crippen LogP contribution in [0.1, 0.15) is 22.5 Å². The van der Waals surface area contributed by atoms with Crippen LogP contribution in [0.5, 0.6) is 0 Å². The van der Waals surface area contributed by atoms with Crippen molar-refractivity contribution in [3.05, 3.63) is 35.7 Å². The normalized spacial score (nSPS) is 10.5. The fourth-order valence-electron chi connectivity index (χ4n) is 1.06. The van der Waals surface area contributed by atoms with Gasteiger partial charge in [0, 0.05) is 12.8 Å². The highest BCUT2D eigenvalue weighted by atomic mass is 16.5. The molecular weight excluding hydrogens is 194 g/mol. The van der Waals surface area contributed by atoms with Gasteiger partial charge in [-0.3, -0.25) is 0 Å². The van der Waals surface area contributed by atoms with Crippen LogP contribution in [0.2, 0.25) is 0 Å². The Morgan fingerprint density at radius 2 is 2.47 bits per heavy atom. The Labute approximate surface area is 88.2 Å². The van der Waals surface area contributed by atoms with Gasteiger partial charge in [-0.15, -0.1) is 0 Å². The number of aromatic nitrogens is 1. The third kappa shape index (κ3) is 3.52. The van der Waals surface area contributed by atoms with Crippen molar-refractivity contribution in [3.63, 3.8) is 0 Å². The quantitative estimate of drug-likeness (QED) is 0.755. The molecule has 0 aromatic carbocycles. The number of aliphatic hydroxyl groups excluding tert-OH is 1. The summed E-state index contributed by atoms with van der Waals surface area (Å²) in [6.45, 7) is 0.117. The predicted octanol–water partition coefficient (Wildman–Crippen LogP) is 1.26. The molecule has 0 saturated heterocycles. The van der Waals surface area contributed by atoms with Gasteiger partial charge in [-0.1, -0.05) is 12.2 Å². The molecule has 0 radical (unpaired) electrons. The summed E-state index contributed by atoms with van der Waals surface area (Å²) >= 11 is 0. The zero-order valence-electron chi connectivity index (χ0n) is 8.51. The lowest BCUT2D eigenvalue weighted by Gasteiger charge is -1.98. The highest BCUT2D eigenvalue weighted by Crippen LogP contribution is 2.05. The molecule has 0 bridgehead atoms. The maximum Gasteiger partial charge on any atom is 0.356 e. The van der Waals surface area contributed by atoms with Crippen molar-refractivity contribution in [2.45, 2.75) is 6.42 Å². The van der Waals surface area contributed by atoms with E-state index in [9.17, 15) is 4.79 Å². The van der Waals surface area contributed by atoms with Crippen molar-refractivity contribution in [2.75, 3.05) is 13.7 Å². The summed E-state index contributed by atoms with van der Waals surface area (Å²) < 4.78 is 4.55. The molecule has 80 valence electrons. The number of hydrogen-bond acceptors (Lipinski definition) is 4. The third-order valence-corrected chi connectivity index (χ3v) is 1.78. The molecule has 0 fully saturated rings.